The summed E-state index contributed by atoms with van der Waals surface area (Å²) in [6.07, 6.45) is 6.30. The van der Waals surface area contributed by atoms with Gasteiger partial charge in [-0.05, 0) is 43.4 Å². The summed E-state index contributed by atoms with van der Waals surface area (Å²) in [4.78, 5) is 25.1. The van der Waals surface area contributed by atoms with Crippen molar-refractivity contribution in [3.63, 3.8) is 0 Å². The van der Waals surface area contributed by atoms with Crippen molar-refractivity contribution in [1.29, 1.82) is 0 Å². The molecule has 3 rings (SSSR count). The van der Waals surface area contributed by atoms with Crippen LogP contribution in [0.15, 0.2) is 23.5 Å². The molecule has 2 saturated heterocycles. The largest absolute Gasteiger partial charge is 0.368 e. The molecule has 0 saturated carbocycles. The molecule has 7 heteroatoms. The van der Waals surface area contributed by atoms with E-state index in [9.17, 15) is 4.79 Å². The van der Waals surface area contributed by atoms with Crippen molar-refractivity contribution in [1.82, 2.24) is 20.1 Å². The number of hydrogen-bond donors (Lipinski definition) is 1. The number of guanidine groups is 1. The number of aryl methyl sites for hydroxylation is 1. The third kappa shape index (κ3) is 4.52. The molecule has 7 nitrogen and oxygen atoms in total. The number of rotatable bonds is 4. The van der Waals surface area contributed by atoms with Crippen LogP contribution in [0.5, 0.6) is 0 Å². The highest BCUT2D eigenvalue weighted by atomic mass is 16.5. The van der Waals surface area contributed by atoms with Crippen LogP contribution in [0.2, 0.25) is 0 Å². The first-order valence-corrected chi connectivity index (χ1v) is 9.44. The van der Waals surface area contributed by atoms with E-state index in [1.165, 1.54) is 11.1 Å². The van der Waals surface area contributed by atoms with Crippen LogP contribution in [0.4, 0.5) is 0 Å². The number of hydrogen-bond acceptors (Lipinski definition) is 4. The van der Waals surface area contributed by atoms with Gasteiger partial charge in [0, 0.05) is 58.8 Å². The van der Waals surface area contributed by atoms with Gasteiger partial charge in [0.2, 0.25) is 0 Å². The Labute approximate surface area is 155 Å². The predicted octanol–water partition coefficient (Wildman–Crippen LogP) is 0.831. The molecule has 2 aliphatic heterocycles. The van der Waals surface area contributed by atoms with Gasteiger partial charge in [0.15, 0.2) is 5.96 Å². The summed E-state index contributed by atoms with van der Waals surface area (Å²) in [6, 6.07) is 2.06. The summed E-state index contributed by atoms with van der Waals surface area (Å²) in [5.74, 6) is 1.05. The van der Waals surface area contributed by atoms with E-state index in [0.29, 0.717) is 6.61 Å². The number of nitrogens with zero attached hydrogens (tertiary/aromatic N) is 4. The molecule has 1 N–H and O–H groups in total. The van der Waals surface area contributed by atoms with Crippen molar-refractivity contribution in [2.45, 2.75) is 32.3 Å². The highest BCUT2D eigenvalue weighted by Crippen LogP contribution is 2.16. The number of amides is 1. The minimum atomic E-state index is -0.220. The summed E-state index contributed by atoms with van der Waals surface area (Å²) in [5.41, 5.74) is 2.51. The van der Waals surface area contributed by atoms with Crippen LogP contribution in [0.3, 0.4) is 0 Å². The maximum Gasteiger partial charge on any atom is 0.251 e. The molecule has 142 valence electrons. The zero-order valence-corrected chi connectivity index (χ0v) is 15.8. The van der Waals surface area contributed by atoms with E-state index < -0.39 is 0 Å². The van der Waals surface area contributed by atoms with Crippen molar-refractivity contribution in [3.05, 3.63) is 29.6 Å². The summed E-state index contributed by atoms with van der Waals surface area (Å²) in [5, 5.41) is 3.44. The van der Waals surface area contributed by atoms with Gasteiger partial charge >= 0.3 is 0 Å². The average molecular weight is 359 g/mol. The third-order valence-corrected chi connectivity index (χ3v) is 5.12. The molecule has 1 atom stereocenters. The Morgan fingerprint density at radius 3 is 2.77 bits per heavy atom. The molecule has 0 bridgehead atoms. The molecule has 26 heavy (non-hydrogen) atoms. The Bertz CT molecular complexity index is 635. The van der Waals surface area contributed by atoms with Crippen LogP contribution in [-0.2, 0) is 16.0 Å². The van der Waals surface area contributed by atoms with E-state index in [1.54, 1.807) is 0 Å². The van der Waals surface area contributed by atoms with Gasteiger partial charge in [-0.2, -0.15) is 0 Å². The SMILES string of the molecule is CN=C(NCCc1ccncc1C)N1CCN(C(=O)C2CCCO2)CC1. The molecule has 0 aliphatic carbocycles. The van der Waals surface area contributed by atoms with Gasteiger partial charge in [-0.3, -0.25) is 14.8 Å². The first-order valence-electron chi connectivity index (χ1n) is 9.44. The zero-order chi connectivity index (χ0) is 18.4. The summed E-state index contributed by atoms with van der Waals surface area (Å²) < 4.78 is 5.52. The van der Waals surface area contributed by atoms with Gasteiger partial charge < -0.3 is 19.9 Å². The first-order chi connectivity index (χ1) is 12.7. The number of nitrogens with one attached hydrogen (secondary N) is 1. The second kappa shape index (κ2) is 8.98. The van der Waals surface area contributed by atoms with E-state index in [-0.39, 0.29) is 12.0 Å². The number of ether oxygens (including phenoxy) is 1. The highest BCUT2D eigenvalue weighted by molar-refractivity contribution is 5.82. The number of pyridine rings is 1. The monoisotopic (exact) mass is 359 g/mol. The van der Waals surface area contributed by atoms with Crippen molar-refractivity contribution < 1.29 is 9.53 Å². The summed E-state index contributed by atoms with van der Waals surface area (Å²) >= 11 is 0. The molecule has 1 amide bonds. The molecular formula is C19H29N5O2. The second-order valence-electron chi connectivity index (χ2n) is 6.84. The lowest BCUT2D eigenvalue weighted by Gasteiger charge is -2.37. The Kier molecular flexibility index (Phi) is 6.44. The molecule has 1 unspecified atom stereocenters. The Hall–Kier alpha value is -2.15. The number of piperazine rings is 1. The molecule has 1 aromatic heterocycles. The van der Waals surface area contributed by atoms with E-state index >= 15 is 0 Å². The van der Waals surface area contributed by atoms with E-state index in [0.717, 1.165) is 57.9 Å². The molecule has 0 spiro atoms. The van der Waals surface area contributed by atoms with Crippen LogP contribution in [0.25, 0.3) is 0 Å². The number of aliphatic imine (C=N–C) groups is 1. The molecule has 2 fully saturated rings. The second-order valence-corrected chi connectivity index (χ2v) is 6.84. The molecule has 2 aliphatic rings. The van der Waals surface area contributed by atoms with Crippen LogP contribution in [-0.4, -0.2) is 79.1 Å². The quantitative estimate of drug-likeness (QED) is 0.637. The Balaban J connectivity index is 1.45. The Morgan fingerprint density at radius 2 is 2.12 bits per heavy atom. The normalized spacial score (nSPS) is 21.2. The smallest absolute Gasteiger partial charge is 0.251 e. The minimum Gasteiger partial charge on any atom is -0.368 e. The first kappa shape index (κ1) is 18.6. The van der Waals surface area contributed by atoms with Crippen molar-refractivity contribution in [2.24, 2.45) is 4.99 Å². The fourth-order valence-electron chi connectivity index (χ4n) is 3.54. The lowest BCUT2D eigenvalue weighted by molar-refractivity contribution is -0.142. The van der Waals surface area contributed by atoms with Gasteiger partial charge in [-0.1, -0.05) is 0 Å². The van der Waals surface area contributed by atoms with Crippen molar-refractivity contribution in [2.75, 3.05) is 46.4 Å². The van der Waals surface area contributed by atoms with Crippen molar-refractivity contribution in [3.8, 4) is 0 Å². The van der Waals surface area contributed by atoms with Crippen LogP contribution >= 0.6 is 0 Å². The fourth-order valence-corrected chi connectivity index (χ4v) is 3.54. The zero-order valence-electron chi connectivity index (χ0n) is 15.8. The van der Waals surface area contributed by atoms with Gasteiger partial charge in [0.25, 0.3) is 5.91 Å². The van der Waals surface area contributed by atoms with E-state index in [1.807, 2.05) is 24.3 Å². The minimum absolute atomic E-state index is 0.151. The van der Waals surface area contributed by atoms with Gasteiger partial charge in [-0.25, -0.2) is 0 Å². The maximum absolute atomic E-state index is 12.4. The average Bonchev–Trinajstić information content (AvgIpc) is 3.21. The topological polar surface area (TPSA) is 70.1 Å². The molecular weight excluding hydrogens is 330 g/mol. The molecule has 3 heterocycles. The van der Waals surface area contributed by atoms with Gasteiger partial charge in [0.05, 0.1) is 0 Å². The van der Waals surface area contributed by atoms with Gasteiger partial charge in [0.1, 0.15) is 6.10 Å². The molecule has 0 aromatic carbocycles. The number of aromatic nitrogens is 1. The van der Waals surface area contributed by atoms with Crippen molar-refractivity contribution >= 4 is 11.9 Å². The number of carbonyl (C=O) groups excluding carboxylic acids is 1. The van der Waals surface area contributed by atoms with E-state index in [4.69, 9.17) is 4.74 Å². The standard InChI is InChI=1S/C19H29N5O2/c1-15-14-21-7-5-16(15)6-8-22-19(20-2)24-11-9-23(10-12-24)18(25)17-4-3-13-26-17/h5,7,14,17H,3-4,6,8-13H2,1-2H3,(H,20,22). The Morgan fingerprint density at radius 1 is 1.35 bits per heavy atom. The summed E-state index contributed by atoms with van der Waals surface area (Å²) in [6.45, 7) is 6.67. The van der Waals surface area contributed by atoms with Crippen LogP contribution in [0, 0.1) is 6.92 Å². The lowest BCUT2D eigenvalue weighted by atomic mass is 10.1. The highest BCUT2D eigenvalue weighted by Gasteiger charge is 2.30. The van der Waals surface area contributed by atoms with E-state index in [2.05, 4.69) is 33.2 Å². The maximum atomic E-state index is 12.4. The third-order valence-electron chi connectivity index (χ3n) is 5.12. The van der Waals surface area contributed by atoms with Crippen LogP contribution in [0.1, 0.15) is 24.0 Å². The fraction of sp³-hybridized carbons (Fsp3) is 0.632. The van der Waals surface area contributed by atoms with Crippen LogP contribution < -0.4 is 5.32 Å². The van der Waals surface area contributed by atoms with Gasteiger partial charge in [-0.15, -0.1) is 0 Å². The summed E-state index contributed by atoms with van der Waals surface area (Å²) in [7, 11) is 1.81. The molecule has 1 aromatic rings. The predicted molar refractivity (Wildman–Crippen MR) is 101 cm³/mol. The number of carbonyl (C=O) groups is 1. The molecule has 0 radical (unpaired) electrons. The lowest BCUT2D eigenvalue weighted by Crippen LogP contribution is -2.55.